The SMILES string of the molecule is COC(=O)c1cnc(Oc2ccc(-c3nnn[nH]3)c(F)c2)c(F)c1. The van der Waals surface area contributed by atoms with Crippen molar-refractivity contribution in [1.82, 2.24) is 25.6 Å². The van der Waals surface area contributed by atoms with Crippen molar-refractivity contribution in [3.8, 4) is 23.0 Å². The van der Waals surface area contributed by atoms with Crippen molar-refractivity contribution in [3.63, 3.8) is 0 Å². The second-order valence-corrected chi connectivity index (χ2v) is 4.50. The van der Waals surface area contributed by atoms with Crippen LogP contribution in [-0.2, 0) is 4.74 Å². The number of methoxy groups -OCH3 is 1. The number of hydrogen-bond acceptors (Lipinski definition) is 7. The first-order chi connectivity index (χ1) is 11.6. The Bertz CT molecular complexity index is 886. The predicted molar refractivity (Wildman–Crippen MR) is 75.2 cm³/mol. The van der Waals surface area contributed by atoms with E-state index in [1.165, 1.54) is 19.2 Å². The van der Waals surface area contributed by atoms with E-state index in [1.54, 1.807) is 0 Å². The zero-order valence-corrected chi connectivity index (χ0v) is 12.2. The number of hydrogen-bond donors (Lipinski definition) is 1. The molecule has 0 unspecified atom stereocenters. The number of tetrazole rings is 1. The molecule has 0 amide bonds. The average Bonchev–Trinajstić information content (AvgIpc) is 3.10. The van der Waals surface area contributed by atoms with Crippen molar-refractivity contribution < 1.29 is 23.0 Å². The molecule has 8 nitrogen and oxygen atoms in total. The summed E-state index contributed by atoms with van der Waals surface area (Å²) >= 11 is 0. The van der Waals surface area contributed by atoms with E-state index in [-0.39, 0.29) is 22.7 Å². The molecule has 1 aromatic carbocycles. The molecule has 0 atom stereocenters. The van der Waals surface area contributed by atoms with Crippen LogP contribution in [0.3, 0.4) is 0 Å². The third-order valence-corrected chi connectivity index (χ3v) is 2.98. The number of nitrogens with one attached hydrogen (secondary N) is 1. The van der Waals surface area contributed by atoms with Gasteiger partial charge >= 0.3 is 5.97 Å². The van der Waals surface area contributed by atoms with Crippen LogP contribution in [0.5, 0.6) is 11.6 Å². The number of halogens is 2. The lowest BCUT2D eigenvalue weighted by Gasteiger charge is -2.08. The van der Waals surface area contributed by atoms with Crippen molar-refractivity contribution in [3.05, 3.63) is 47.7 Å². The lowest BCUT2D eigenvalue weighted by atomic mass is 10.2. The first-order valence-electron chi connectivity index (χ1n) is 6.54. The van der Waals surface area contributed by atoms with Crippen LogP contribution in [0.25, 0.3) is 11.4 Å². The number of aromatic nitrogens is 5. The number of aromatic amines is 1. The molecule has 3 aromatic rings. The maximum absolute atomic E-state index is 14.1. The number of carbonyl (C=O) groups is 1. The largest absolute Gasteiger partial charge is 0.465 e. The predicted octanol–water partition coefficient (Wildman–Crippen LogP) is 2.12. The van der Waals surface area contributed by atoms with Crippen LogP contribution < -0.4 is 4.74 Å². The van der Waals surface area contributed by atoms with E-state index < -0.39 is 23.5 Å². The molecule has 1 N–H and O–H groups in total. The summed E-state index contributed by atoms with van der Waals surface area (Å²) in [5, 5.41) is 12.7. The van der Waals surface area contributed by atoms with Gasteiger partial charge in [-0.25, -0.2) is 23.7 Å². The van der Waals surface area contributed by atoms with Crippen LogP contribution in [-0.4, -0.2) is 38.7 Å². The standard InChI is InChI=1S/C14H9F2N5O3/c1-23-14(22)7-4-11(16)13(17-6-7)24-8-2-3-9(10(15)5-8)12-18-20-21-19-12/h2-6H,1H3,(H,18,19,20,21). The number of ether oxygens (including phenoxy) is 2. The minimum Gasteiger partial charge on any atom is -0.465 e. The summed E-state index contributed by atoms with van der Waals surface area (Å²) in [5.41, 5.74) is 0.0588. The van der Waals surface area contributed by atoms with E-state index in [1.807, 2.05) is 0 Å². The molecule has 0 aliphatic heterocycles. The summed E-state index contributed by atoms with van der Waals surface area (Å²) in [6, 6.07) is 4.72. The first-order valence-corrected chi connectivity index (χ1v) is 6.54. The fraction of sp³-hybridized carbons (Fsp3) is 0.0714. The Balaban J connectivity index is 1.84. The smallest absolute Gasteiger partial charge is 0.339 e. The van der Waals surface area contributed by atoms with Crippen molar-refractivity contribution in [2.75, 3.05) is 7.11 Å². The topological polar surface area (TPSA) is 103 Å². The van der Waals surface area contributed by atoms with E-state index in [0.717, 1.165) is 18.3 Å². The third kappa shape index (κ3) is 3.02. The molecule has 0 saturated carbocycles. The van der Waals surface area contributed by atoms with Crippen molar-refractivity contribution >= 4 is 5.97 Å². The van der Waals surface area contributed by atoms with Gasteiger partial charge in [-0.3, -0.25) is 0 Å². The molecule has 0 aliphatic carbocycles. The third-order valence-electron chi connectivity index (χ3n) is 2.98. The maximum Gasteiger partial charge on any atom is 0.339 e. The number of benzene rings is 1. The molecule has 2 aromatic heterocycles. The van der Waals surface area contributed by atoms with Gasteiger partial charge in [0.1, 0.15) is 11.6 Å². The number of esters is 1. The second-order valence-electron chi connectivity index (χ2n) is 4.50. The summed E-state index contributed by atoms with van der Waals surface area (Å²) in [4.78, 5) is 15.0. The summed E-state index contributed by atoms with van der Waals surface area (Å²) in [6.07, 6.45) is 1.09. The van der Waals surface area contributed by atoms with Crippen LogP contribution in [0.15, 0.2) is 30.5 Å². The Morgan fingerprint density at radius 2 is 2.04 bits per heavy atom. The van der Waals surface area contributed by atoms with Gasteiger partial charge in [-0.2, -0.15) is 0 Å². The Morgan fingerprint density at radius 1 is 1.21 bits per heavy atom. The lowest BCUT2D eigenvalue weighted by Crippen LogP contribution is -2.03. The van der Waals surface area contributed by atoms with E-state index in [4.69, 9.17) is 4.74 Å². The van der Waals surface area contributed by atoms with E-state index in [2.05, 4.69) is 30.3 Å². The van der Waals surface area contributed by atoms with Gasteiger partial charge in [-0.05, 0) is 28.6 Å². The van der Waals surface area contributed by atoms with Crippen molar-refractivity contribution in [2.45, 2.75) is 0 Å². The number of nitrogens with zero attached hydrogens (tertiary/aromatic N) is 4. The second kappa shape index (κ2) is 6.36. The van der Waals surface area contributed by atoms with Gasteiger partial charge in [0, 0.05) is 12.3 Å². The number of rotatable bonds is 4. The summed E-state index contributed by atoms with van der Waals surface area (Å²) < 4.78 is 37.6. The van der Waals surface area contributed by atoms with Crippen LogP contribution in [0.2, 0.25) is 0 Å². The molecule has 3 rings (SSSR count). The molecule has 10 heteroatoms. The fourth-order valence-electron chi connectivity index (χ4n) is 1.87. The average molecular weight is 333 g/mol. The number of H-pyrrole nitrogens is 1. The van der Waals surface area contributed by atoms with Crippen molar-refractivity contribution in [2.24, 2.45) is 0 Å². The minimum atomic E-state index is -0.887. The Hall–Kier alpha value is -3.43. The van der Waals surface area contributed by atoms with E-state index in [0.29, 0.717) is 0 Å². The van der Waals surface area contributed by atoms with Crippen molar-refractivity contribution in [1.29, 1.82) is 0 Å². The highest BCUT2D eigenvalue weighted by molar-refractivity contribution is 5.88. The van der Waals surface area contributed by atoms with Gasteiger partial charge < -0.3 is 9.47 Å². The Labute approximate surface area is 133 Å². The van der Waals surface area contributed by atoms with Gasteiger partial charge in [0.25, 0.3) is 5.88 Å². The van der Waals surface area contributed by atoms with Gasteiger partial charge in [-0.1, -0.05) is 0 Å². The zero-order chi connectivity index (χ0) is 17.1. The highest BCUT2D eigenvalue weighted by Crippen LogP contribution is 2.27. The first kappa shape index (κ1) is 15.5. The van der Waals surface area contributed by atoms with Gasteiger partial charge in [0.05, 0.1) is 18.2 Å². The van der Waals surface area contributed by atoms with E-state index >= 15 is 0 Å². The quantitative estimate of drug-likeness (QED) is 0.729. The molecule has 0 bridgehead atoms. The summed E-state index contributed by atoms with van der Waals surface area (Å²) in [7, 11) is 1.17. The van der Waals surface area contributed by atoms with Crippen LogP contribution >= 0.6 is 0 Å². The van der Waals surface area contributed by atoms with Gasteiger partial charge in [-0.15, -0.1) is 5.10 Å². The van der Waals surface area contributed by atoms with Gasteiger partial charge in [0.15, 0.2) is 11.6 Å². The van der Waals surface area contributed by atoms with Crippen LogP contribution in [0.4, 0.5) is 8.78 Å². The summed E-state index contributed by atoms with van der Waals surface area (Å²) in [6.45, 7) is 0. The Kier molecular flexibility index (Phi) is 4.10. The molecular formula is C14H9F2N5O3. The zero-order valence-electron chi connectivity index (χ0n) is 12.2. The molecule has 0 radical (unpaired) electrons. The van der Waals surface area contributed by atoms with Gasteiger partial charge in [0.2, 0.25) is 0 Å². The molecule has 24 heavy (non-hydrogen) atoms. The monoisotopic (exact) mass is 333 g/mol. The molecule has 0 aliphatic rings. The highest BCUT2D eigenvalue weighted by Gasteiger charge is 2.15. The normalized spacial score (nSPS) is 10.5. The Morgan fingerprint density at radius 3 is 2.67 bits per heavy atom. The lowest BCUT2D eigenvalue weighted by molar-refractivity contribution is 0.0599. The fourth-order valence-corrected chi connectivity index (χ4v) is 1.87. The molecular weight excluding hydrogens is 324 g/mol. The highest BCUT2D eigenvalue weighted by atomic mass is 19.1. The number of pyridine rings is 1. The number of carbonyl (C=O) groups excluding carboxylic acids is 1. The molecule has 122 valence electrons. The van der Waals surface area contributed by atoms with Crippen LogP contribution in [0.1, 0.15) is 10.4 Å². The maximum atomic E-state index is 14.1. The molecule has 0 saturated heterocycles. The van der Waals surface area contributed by atoms with Crippen LogP contribution in [0, 0.1) is 11.6 Å². The molecule has 0 fully saturated rings. The summed E-state index contributed by atoms with van der Waals surface area (Å²) in [5.74, 6) is -2.54. The molecule has 0 spiro atoms. The minimum absolute atomic E-state index is 0.0148. The van der Waals surface area contributed by atoms with E-state index in [9.17, 15) is 13.6 Å². The molecule has 2 heterocycles.